The number of carbonyl (C=O) groups excluding carboxylic acids is 1. The van der Waals surface area contributed by atoms with Crippen molar-refractivity contribution in [3.63, 3.8) is 0 Å². The molecule has 0 bridgehead atoms. The van der Waals surface area contributed by atoms with Crippen LogP contribution in [0.1, 0.15) is 26.0 Å². The minimum atomic E-state index is -0.0210. The Balaban J connectivity index is 0.00000132. The van der Waals surface area contributed by atoms with Gasteiger partial charge in [-0.15, -0.1) is 24.8 Å². The molecule has 0 aromatic carbocycles. The molecule has 5 nitrogen and oxygen atoms in total. The molecule has 1 aliphatic heterocycles. The summed E-state index contributed by atoms with van der Waals surface area (Å²) < 4.78 is 1.94. The zero-order valence-electron chi connectivity index (χ0n) is 13.4. The Morgan fingerprint density at radius 3 is 2.78 bits per heavy atom. The number of aromatic nitrogens is 2. The lowest BCUT2D eigenvalue weighted by atomic mass is 9.79. The number of nitrogens with two attached hydrogens (primary N) is 1. The summed E-state index contributed by atoms with van der Waals surface area (Å²) in [5.74, 6) is 0.137. The SMILES string of the molecule is CC1(C)CN(C(=O)Cc2cn3ccccc3n2)CCC1N.Cl.Cl. The molecule has 2 N–H and O–H groups in total. The topological polar surface area (TPSA) is 63.6 Å². The van der Waals surface area contributed by atoms with Crippen molar-refractivity contribution < 1.29 is 4.79 Å². The Morgan fingerprint density at radius 1 is 1.39 bits per heavy atom. The predicted molar refractivity (Wildman–Crippen MR) is 96.3 cm³/mol. The van der Waals surface area contributed by atoms with E-state index in [0.717, 1.165) is 30.9 Å². The maximum absolute atomic E-state index is 12.5. The zero-order chi connectivity index (χ0) is 15.0. The van der Waals surface area contributed by atoms with Crippen LogP contribution in [0.3, 0.4) is 0 Å². The van der Waals surface area contributed by atoms with E-state index in [1.807, 2.05) is 39.9 Å². The van der Waals surface area contributed by atoms with Gasteiger partial charge in [-0.3, -0.25) is 4.79 Å². The van der Waals surface area contributed by atoms with Gasteiger partial charge in [0, 0.05) is 31.5 Å². The molecular formula is C16H24Cl2N4O. The fourth-order valence-corrected chi connectivity index (χ4v) is 2.93. The number of piperidine rings is 1. The summed E-state index contributed by atoms with van der Waals surface area (Å²) in [6, 6.07) is 6.01. The van der Waals surface area contributed by atoms with Crippen LogP contribution < -0.4 is 5.73 Å². The highest BCUT2D eigenvalue weighted by Gasteiger charge is 2.35. The van der Waals surface area contributed by atoms with Gasteiger partial charge in [-0.05, 0) is 24.0 Å². The molecule has 1 fully saturated rings. The molecule has 1 saturated heterocycles. The lowest BCUT2D eigenvalue weighted by Crippen LogP contribution is -2.54. The first-order chi connectivity index (χ1) is 9.95. The van der Waals surface area contributed by atoms with E-state index in [1.54, 1.807) is 0 Å². The summed E-state index contributed by atoms with van der Waals surface area (Å²) in [5, 5.41) is 0. The third-order valence-electron chi connectivity index (χ3n) is 4.41. The quantitative estimate of drug-likeness (QED) is 0.895. The number of hydrogen-bond donors (Lipinski definition) is 1. The van der Waals surface area contributed by atoms with Gasteiger partial charge in [0.05, 0.1) is 12.1 Å². The number of hydrogen-bond acceptors (Lipinski definition) is 3. The second-order valence-electron chi connectivity index (χ2n) is 6.57. The van der Waals surface area contributed by atoms with Gasteiger partial charge in [0.1, 0.15) is 5.65 Å². The van der Waals surface area contributed by atoms with Crippen LogP contribution in [0.25, 0.3) is 5.65 Å². The van der Waals surface area contributed by atoms with Crippen molar-refractivity contribution in [2.24, 2.45) is 11.1 Å². The van der Waals surface area contributed by atoms with Gasteiger partial charge in [-0.1, -0.05) is 19.9 Å². The Bertz CT molecular complexity index is 638. The molecule has 128 valence electrons. The lowest BCUT2D eigenvalue weighted by molar-refractivity contribution is -0.133. The van der Waals surface area contributed by atoms with E-state index < -0.39 is 0 Å². The van der Waals surface area contributed by atoms with E-state index in [-0.39, 0.29) is 42.2 Å². The lowest BCUT2D eigenvalue weighted by Gasteiger charge is -2.42. The average molecular weight is 359 g/mol. The first kappa shape index (κ1) is 19.7. The third-order valence-corrected chi connectivity index (χ3v) is 4.41. The number of likely N-dealkylation sites (tertiary alicyclic amines) is 1. The standard InChI is InChI=1S/C16H22N4O.2ClH/c1-16(2)11-20(8-6-13(16)17)15(21)9-12-10-19-7-4-3-5-14(19)18-12;;/h3-5,7,10,13H,6,8-9,11,17H2,1-2H3;2*1H. The van der Waals surface area contributed by atoms with E-state index in [9.17, 15) is 4.79 Å². The van der Waals surface area contributed by atoms with E-state index in [1.165, 1.54) is 0 Å². The highest BCUT2D eigenvalue weighted by atomic mass is 35.5. The predicted octanol–water partition coefficient (Wildman–Crippen LogP) is 2.31. The maximum Gasteiger partial charge on any atom is 0.228 e. The van der Waals surface area contributed by atoms with Gasteiger partial charge in [-0.25, -0.2) is 4.98 Å². The molecule has 1 unspecified atom stereocenters. The number of fused-ring (bicyclic) bond motifs is 1. The van der Waals surface area contributed by atoms with Crippen LogP contribution in [0.4, 0.5) is 0 Å². The Kier molecular flexibility index (Phi) is 6.45. The van der Waals surface area contributed by atoms with Gasteiger partial charge in [-0.2, -0.15) is 0 Å². The molecule has 7 heteroatoms. The number of halogens is 2. The third kappa shape index (κ3) is 4.16. The molecule has 3 rings (SSSR count). The summed E-state index contributed by atoms with van der Waals surface area (Å²) in [6.07, 6.45) is 5.09. The maximum atomic E-state index is 12.5. The minimum Gasteiger partial charge on any atom is -0.342 e. The van der Waals surface area contributed by atoms with E-state index in [4.69, 9.17) is 5.73 Å². The van der Waals surface area contributed by atoms with Crippen LogP contribution in [0.2, 0.25) is 0 Å². The Morgan fingerprint density at radius 2 is 2.13 bits per heavy atom. The molecule has 0 radical (unpaired) electrons. The molecule has 3 heterocycles. The number of carbonyl (C=O) groups is 1. The Hall–Kier alpha value is -1.30. The summed E-state index contributed by atoms with van der Waals surface area (Å²) in [7, 11) is 0. The smallest absolute Gasteiger partial charge is 0.228 e. The van der Waals surface area contributed by atoms with Crippen LogP contribution in [-0.4, -0.2) is 39.3 Å². The second kappa shape index (κ2) is 7.51. The van der Waals surface area contributed by atoms with Crippen LogP contribution in [0.15, 0.2) is 30.6 Å². The first-order valence-corrected chi connectivity index (χ1v) is 7.42. The fraction of sp³-hybridized carbons (Fsp3) is 0.500. The number of nitrogens with zero attached hydrogens (tertiary/aromatic N) is 3. The van der Waals surface area contributed by atoms with Gasteiger partial charge in [0.15, 0.2) is 0 Å². The highest BCUT2D eigenvalue weighted by Crippen LogP contribution is 2.28. The zero-order valence-corrected chi connectivity index (χ0v) is 15.1. The minimum absolute atomic E-state index is 0. The summed E-state index contributed by atoms with van der Waals surface area (Å²) in [5.41, 5.74) is 7.80. The number of imidazole rings is 1. The van der Waals surface area contributed by atoms with Crippen molar-refractivity contribution in [2.75, 3.05) is 13.1 Å². The molecule has 2 aromatic rings. The van der Waals surface area contributed by atoms with Gasteiger partial charge in [0.25, 0.3) is 0 Å². The van der Waals surface area contributed by atoms with Crippen molar-refractivity contribution in [3.8, 4) is 0 Å². The molecule has 0 spiro atoms. The molecule has 1 aliphatic rings. The number of rotatable bonds is 2. The van der Waals surface area contributed by atoms with Crippen molar-refractivity contribution in [1.29, 1.82) is 0 Å². The fourth-order valence-electron chi connectivity index (χ4n) is 2.93. The van der Waals surface area contributed by atoms with E-state index in [0.29, 0.717) is 6.42 Å². The molecule has 1 atom stereocenters. The van der Waals surface area contributed by atoms with Crippen molar-refractivity contribution in [3.05, 3.63) is 36.3 Å². The normalized spacial score (nSPS) is 19.8. The summed E-state index contributed by atoms with van der Waals surface area (Å²) >= 11 is 0. The first-order valence-electron chi connectivity index (χ1n) is 7.42. The second-order valence-corrected chi connectivity index (χ2v) is 6.57. The van der Waals surface area contributed by atoms with Crippen molar-refractivity contribution in [1.82, 2.24) is 14.3 Å². The van der Waals surface area contributed by atoms with Crippen molar-refractivity contribution in [2.45, 2.75) is 32.7 Å². The Labute approximate surface area is 149 Å². The summed E-state index contributed by atoms with van der Waals surface area (Å²) in [4.78, 5) is 18.9. The molecular weight excluding hydrogens is 335 g/mol. The van der Waals surface area contributed by atoms with Crippen LogP contribution in [0, 0.1) is 5.41 Å². The van der Waals surface area contributed by atoms with Gasteiger partial charge < -0.3 is 15.0 Å². The molecule has 0 aliphatic carbocycles. The number of pyridine rings is 1. The highest BCUT2D eigenvalue weighted by molar-refractivity contribution is 5.85. The molecule has 1 amide bonds. The van der Waals surface area contributed by atoms with Gasteiger partial charge in [0.2, 0.25) is 5.91 Å². The number of amides is 1. The van der Waals surface area contributed by atoms with Crippen LogP contribution >= 0.6 is 24.8 Å². The van der Waals surface area contributed by atoms with Gasteiger partial charge >= 0.3 is 0 Å². The van der Waals surface area contributed by atoms with E-state index in [2.05, 4.69) is 18.8 Å². The summed E-state index contributed by atoms with van der Waals surface area (Å²) in [6.45, 7) is 5.72. The van der Waals surface area contributed by atoms with E-state index >= 15 is 0 Å². The molecule has 2 aromatic heterocycles. The van der Waals surface area contributed by atoms with Crippen molar-refractivity contribution >= 4 is 36.4 Å². The van der Waals surface area contributed by atoms with Crippen LogP contribution in [0.5, 0.6) is 0 Å². The molecule has 0 saturated carbocycles. The monoisotopic (exact) mass is 358 g/mol. The average Bonchev–Trinajstić information content (AvgIpc) is 2.83. The largest absolute Gasteiger partial charge is 0.342 e. The molecule has 23 heavy (non-hydrogen) atoms. The van der Waals surface area contributed by atoms with Crippen LogP contribution in [-0.2, 0) is 11.2 Å².